The second-order valence-electron chi connectivity index (χ2n) is 13.9. The van der Waals surface area contributed by atoms with Crippen LogP contribution in [-0.2, 0) is 6.54 Å². The number of nitrogens with zero attached hydrogens (tertiary/aromatic N) is 2. The van der Waals surface area contributed by atoms with E-state index in [2.05, 4.69) is 198 Å². The summed E-state index contributed by atoms with van der Waals surface area (Å²) in [6.45, 7) is 5.48. The van der Waals surface area contributed by atoms with Gasteiger partial charge in [0.1, 0.15) is 6.17 Å². The summed E-state index contributed by atoms with van der Waals surface area (Å²) < 4.78 is 0. The Balaban J connectivity index is 1.12. The Morgan fingerprint density at radius 2 is 1.15 bits per heavy atom. The van der Waals surface area contributed by atoms with Crippen molar-refractivity contribution in [2.24, 2.45) is 9.98 Å². The number of allylic oxidation sites excluding steroid dienone is 2. The maximum Gasteiger partial charge on any atom is 0.155 e. The van der Waals surface area contributed by atoms with Crippen LogP contribution in [0.3, 0.4) is 0 Å². The quantitative estimate of drug-likeness (QED) is 0.0891. The first-order chi connectivity index (χ1) is 27.2. The molecule has 1 aliphatic rings. The predicted octanol–water partition coefficient (Wildman–Crippen LogP) is 11.9. The molecule has 0 fully saturated rings. The smallest absolute Gasteiger partial charge is 0.155 e. The normalized spacial score (nSPS) is 13.5. The number of fused-ring (bicyclic) bond motifs is 6. The van der Waals surface area contributed by atoms with Gasteiger partial charge in [-0.05, 0) is 108 Å². The highest BCUT2D eigenvalue weighted by atomic mass is 15.1. The van der Waals surface area contributed by atoms with Crippen molar-refractivity contribution in [2.75, 3.05) is 6.54 Å². The minimum Gasteiger partial charge on any atom is -0.387 e. The van der Waals surface area contributed by atoms with Crippen LogP contribution >= 0.6 is 0 Å². The SMILES string of the molecule is C=N/C(=N\C(NCc1ccc(-c2ccccc2)cc1)c1ccccc1)c1cc(C2=CNCC=C2)cc(-c2ccc3c4ccccc4c4ccccc4c3c2)c1. The summed E-state index contributed by atoms with van der Waals surface area (Å²) in [5.74, 6) is 0.578. The number of nitrogens with one attached hydrogen (secondary N) is 2. The van der Waals surface area contributed by atoms with E-state index in [-0.39, 0.29) is 6.17 Å². The molecule has 0 radical (unpaired) electrons. The maximum atomic E-state index is 5.28. The van der Waals surface area contributed by atoms with E-state index in [4.69, 9.17) is 4.99 Å². The zero-order chi connectivity index (χ0) is 37.0. The highest BCUT2D eigenvalue weighted by molar-refractivity contribution is 6.25. The van der Waals surface area contributed by atoms with Crippen molar-refractivity contribution in [3.8, 4) is 22.3 Å². The van der Waals surface area contributed by atoms with Gasteiger partial charge in [-0.3, -0.25) is 5.32 Å². The zero-order valence-electron chi connectivity index (χ0n) is 30.5. The van der Waals surface area contributed by atoms with E-state index in [1.807, 2.05) is 12.1 Å². The number of hydrogen-bond acceptors (Lipinski definition) is 3. The largest absolute Gasteiger partial charge is 0.387 e. The van der Waals surface area contributed by atoms with Gasteiger partial charge < -0.3 is 5.32 Å². The number of dihydropyridines is 1. The van der Waals surface area contributed by atoms with Gasteiger partial charge in [0.25, 0.3) is 0 Å². The third-order valence-electron chi connectivity index (χ3n) is 10.5. The third-order valence-corrected chi connectivity index (χ3v) is 10.5. The number of rotatable bonds is 9. The van der Waals surface area contributed by atoms with Crippen molar-refractivity contribution in [3.63, 3.8) is 0 Å². The minimum atomic E-state index is -0.349. The minimum absolute atomic E-state index is 0.349. The fourth-order valence-corrected chi connectivity index (χ4v) is 7.69. The highest BCUT2D eigenvalue weighted by Crippen LogP contribution is 2.38. The highest BCUT2D eigenvalue weighted by Gasteiger charge is 2.16. The van der Waals surface area contributed by atoms with Gasteiger partial charge in [0.05, 0.1) is 0 Å². The number of benzene rings is 8. The number of amidine groups is 1. The first-order valence-electron chi connectivity index (χ1n) is 18.8. The second-order valence-corrected chi connectivity index (χ2v) is 13.9. The van der Waals surface area contributed by atoms with Crippen molar-refractivity contribution < 1.29 is 0 Å². The molecule has 0 aliphatic carbocycles. The molecule has 1 heterocycles. The Kier molecular flexibility index (Phi) is 9.39. The molecule has 1 atom stereocenters. The molecular formula is C51H40N4. The summed E-state index contributed by atoms with van der Waals surface area (Å²) in [5, 5.41) is 14.6. The summed E-state index contributed by atoms with van der Waals surface area (Å²) >= 11 is 0. The molecule has 264 valence electrons. The Morgan fingerprint density at radius 1 is 0.564 bits per heavy atom. The van der Waals surface area contributed by atoms with Crippen LogP contribution in [0.25, 0.3) is 60.1 Å². The molecule has 0 saturated carbocycles. The molecule has 1 aliphatic heterocycles. The molecular weight excluding hydrogens is 669 g/mol. The number of aliphatic imine (C=N–C) groups is 2. The topological polar surface area (TPSA) is 48.8 Å². The lowest BCUT2D eigenvalue weighted by atomic mass is 9.90. The summed E-state index contributed by atoms with van der Waals surface area (Å²) in [4.78, 5) is 9.86. The summed E-state index contributed by atoms with van der Waals surface area (Å²) in [5.41, 5.74) is 9.94. The van der Waals surface area contributed by atoms with E-state index in [9.17, 15) is 0 Å². The molecule has 0 amide bonds. The molecule has 1 unspecified atom stereocenters. The van der Waals surface area contributed by atoms with E-state index >= 15 is 0 Å². The standard InChI is InChI=1S/C51H40N4/c1-52-50(55-51(38-15-6-3-7-16-38)54-33-35-22-24-37(25-23-35)36-13-4-2-5-14-36)43-30-41(29-42(31-43)40-17-12-28-53-34-40)39-26-27-48-46-20-9-8-18-44(46)45-19-10-11-21-47(45)49(48)32-39/h2-27,29-32,34,51,53-54H,1,28,33H2/b55-50-. The van der Waals surface area contributed by atoms with Gasteiger partial charge in [-0.25, -0.2) is 9.98 Å². The first kappa shape index (κ1) is 33.9. The van der Waals surface area contributed by atoms with E-state index < -0.39 is 0 Å². The van der Waals surface area contributed by atoms with E-state index in [1.54, 1.807) is 0 Å². The van der Waals surface area contributed by atoms with Gasteiger partial charge in [-0.15, -0.1) is 0 Å². The van der Waals surface area contributed by atoms with Gasteiger partial charge >= 0.3 is 0 Å². The Hall–Kier alpha value is -6.88. The monoisotopic (exact) mass is 708 g/mol. The van der Waals surface area contributed by atoms with Crippen LogP contribution in [0.15, 0.2) is 198 Å². The molecule has 9 rings (SSSR count). The lowest BCUT2D eigenvalue weighted by molar-refractivity contribution is 0.554. The van der Waals surface area contributed by atoms with Gasteiger partial charge in [0.15, 0.2) is 5.84 Å². The van der Waals surface area contributed by atoms with Crippen LogP contribution in [-0.4, -0.2) is 19.1 Å². The fourth-order valence-electron chi connectivity index (χ4n) is 7.69. The van der Waals surface area contributed by atoms with Crippen LogP contribution in [0.2, 0.25) is 0 Å². The summed E-state index contributed by atoms with van der Waals surface area (Å²) in [6, 6.07) is 60.5. The van der Waals surface area contributed by atoms with Gasteiger partial charge in [-0.2, -0.15) is 0 Å². The van der Waals surface area contributed by atoms with Gasteiger partial charge in [0.2, 0.25) is 0 Å². The molecule has 2 N–H and O–H groups in total. The van der Waals surface area contributed by atoms with E-state index in [1.165, 1.54) is 49.0 Å². The first-order valence-corrected chi connectivity index (χ1v) is 18.8. The average Bonchev–Trinajstić information content (AvgIpc) is 3.27. The van der Waals surface area contributed by atoms with Crippen LogP contribution in [0, 0.1) is 0 Å². The average molecular weight is 709 g/mol. The van der Waals surface area contributed by atoms with Gasteiger partial charge in [0, 0.05) is 24.9 Å². The molecule has 8 aromatic carbocycles. The maximum absolute atomic E-state index is 5.28. The zero-order valence-corrected chi connectivity index (χ0v) is 30.5. The molecule has 4 nitrogen and oxygen atoms in total. The Labute approximate surface area is 321 Å². The second kappa shape index (κ2) is 15.2. The van der Waals surface area contributed by atoms with Crippen molar-refractivity contribution in [1.82, 2.24) is 10.6 Å². The van der Waals surface area contributed by atoms with E-state index in [0.29, 0.717) is 12.4 Å². The van der Waals surface area contributed by atoms with Crippen LogP contribution < -0.4 is 10.6 Å². The van der Waals surface area contributed by atoms with Crippen molar-refractivity contribution in [3.05, 3.63) is 210 Å². The Bertz CT molecular complexity index is 2730. The summed E-state index contributed by atoms with van der Waals surface area (Å²) in [6.07, 6.45) is 6.06. The molecule has 0 bridgehead atoms. The van der Waals surface area contributed by atoms with Crippen LogP contribution in [0.5, 0.6) is 0 Å². The Morgan fingerprint density at radius 3 is 1.80 bits per heavy atom. The molecule has 0 saturated heterocycles. The summed E-state index contributed by atoms with van der Waals surface area (Å²) in [7, 11) is 0. The van der Waals surface area contributed by atoms with Gasteiger partial charge in [-0.1, -0.05) is 158 Å². The van der Waals surface area contributed by atoms with Crippen LogP contribution in [0.1, 0.15) is 28.4 Å². The lowest BCUT2D eigenvalue weighted by Gasteiger charge is -2.18. The molecule has 0 aromatic heterocycles. The van der Waals surface area contributed by atoms with Crippen molar-refractivity contribution >= 4 is 50.4 Å². The van der Waals surface area contributed by atoms with Crippen molar-refractivity contribution in [1.29, 1.82) is 0 Å². The molecule has 0 spiro atoms. The van der Waals surface area contributed by atoms with Crippen LogP contribution in [0.4, 0.5) is 0 Å². The van der Waals surface area contributed by atoms with E-state index in [0.717, 1.165) is 39.9 Å². The molecule has 4 heteroatoms. The molecule has 55 heavy (non-hydrogen) atoms. The molecule has 8 aromatic rings. The third kappa shape index (κ3) is 6.99. The lowest BCUT2D eigenvalue weighted by Crippen LogP contribution is -2.21. The number of hydrogen-bond donors (Lipinski definition) is 2. The predicted molar refractivity (Wildman–Crippen MR) is 234 cm³/mol. The van der Waals surface area contributed by atoms with Crippen molar-refractivity contribution in [2.45, 2.75) is 12.7 Å². The fraction of sp³-hybridized carbons (Fsp3) is 0.0588.